The van der Waals surface area contributed by atoms with Crippen molar-refractivity contribution in [3.8, 4) is 5.75 Å². The van der Waals surface area contributed by atoms with Gasteiger partial charge in [-0.05, 0) is 49.8 Å². The lowest BCUT2D eigenvalue weighted by Crippen LogP contribution is -2.21. The minimum absolute atomic E-state index is 0.0669. The fourth-order valence-corrected chi connectivity index (χ4v) is 2.47. The summed E-state index contributed by atoms with van der Waals surface area (Å²) in [6.07, 6.45) is 7.09. The molecule has 0 unspecified atom stereocenters. The smallest absolute Gasteiger partial charge is 0.306 e. The van der Waals surface area contributed by atoms with Gasteiger partial charge in [0, 0.05) is 6.42 Å². The molecule has 0 amide bonds. The zero-order chi connectivity index (χ0) is 13.5. The molecule has 3 heteroatoms. The fourth-order valence-electron chi connectivity index (χ4n) is 2.47. The minimum Gasteiger partial charge on any atom is -0.497 e. The molecule has 0 N–H and O–H groups in total. The van der Waals surface area contributed by atoms with Crippen LogP contribution in [0, 0.1) is 0 Å². The molecule has 0 spiro atoms. The Kier molecular flexibility index (Phi) is 5.25. The molecule has 0 atom stereocenters. The lowest BCUT2D eigenvalue weighted by Gasteiger charge is -2.21. The van der Waals surface area contributed by atoms with Crippen LogP contribution in [0.25, 0.3) is 0 Å². The van der Waals surface area contributed by atoms with Gasteiger partial charge in [0.15, 0.2) is 0 Å². The first-order valence-corrected chi connectivity index (χ1v) is 7.10. The lowest BCUT2D eigenvalue weighted by atomic mass is 9.98. The highest BCUT2D eigenvalue weighted by atomic mass is 16.5. The van der Waals surface area contributed by atoms with Crippen LogP contribution >= 0.6 is 0 Å². The van der Waals surface area contributed by atoms with Gasteiger partial charge in [-0.3, -0.25) is 4.79 Å². The van der Waals surface area contributed by atoms with Crippen molar-refractivity contribution in [3.05, 3.63) is 29.8 Å². The number of carbonyl (C=O) groups is 1. The summed E-state index contributed by atoms with van der Waals surface area (Å²) in [4.78, 5) is 11.8. The van der Waals surface area contributed by atoms with Gasteiger partial charge in [-0.2, -0.15) is 0 Å². The van der Waals surface area contributed by atoms with Crippen LogP contribution < -0.4 is 4.74 Å². The van der Waals surface area contributed by atoms with E-state index in [1.165, 1.54) is 19.3 Å². The Labute approximate surface area is 114 Å². The second-order valence-electron chi connectivity index (χ2n) is 5.10. The summed E-state index contributed by atoms with van der Waals surface area (Å²) in [5, 5.41) is 0. The molecule has 1 aliphatic rings. The van der Waals surface area contributed by atoms with Crippen molar-refractivity contribution in [3.63, 3.8) is 0 Å². The van der Waals surface area contributed by atoms with Crippen molar-refractivity contribution < 1.29 is 14.3 Å². The third-order valence-corrected chi connectivity index (χ3v) is 3.63. The van der Waals surface area contributed by atoms with Crippen LogP contribution in [0.15, 0.2) is 24.3 Å². The molecule has 0 bridgehead atoms. The number of hydrogen-bond donors (Lipinski definition) is 0. The van der Waals surface area contributed by atoms with Crippen molar-refractivity contribution in [2.45, 2.75) is 51.0 Å². The average Bonchev–Trinajstić information content (AvgIpc) is 2.47. The molecule has 1 aliphatic carbocycles. The predicted molar refractivity (Wildman–Crippen MR) is 74.3 cm³/mol. The standard InChI is InChI=1S/C16H22O3/c1-18-14-10-7-13(8-11-14)9-12-16(17)19-15-5-3-2-4-6-15/h7-8,10-11,15H,2-6,9,12H2,1H3. The van der Waals surface area contributed by atoms with Gasteiger partial charge in [0.1, 0.15) is 11.9 Å². The highest BCUT2D eigenvalue weighted by Gasteiger charge is 2.17. The molecule has 1 saturated carbocycles. The van der Waals surface area contributed by atoms with Crippen LogP contribution in [0.4, 0.5) is 0 Å². The number of rotatable bonds is 5. The van der Waals surface area contributed by atoms with Crippen LogP contribution in [0.3, 0.4) is 0 Å². The quantitative estimate of drug-likeness (QED) is 0.762. The molecule has 19 heavy (non-hydrogen) atoms. The molecule has 0 radical (unpaired) electrons. The van der Waals surface area contributed by atoms with Crippen molar-refractivity contribution in [1.29, 1.82) is 0 Å². The second-order valence-corrected chi connectivity index (χ2v) is 5.10. The molecule has 0 saturated heterocycles. The van der Waals surface area contributed by atoms with E-state index in [2.05, 4.69) is 0 Å². The van der Waals surface area contributed by atoms with E-state index in [9.17, 15) is 4.79 Å². The molecule has 0 aliphatic heterocycles. The summed E-state index contributed by atoms with van der Waals surface area (Å²) < 4.78 is 10.6. The predicted octanol–water partition coefficient (Wildman–Crippen LogP) is 3.50. The number of aryl methyl sites for hydroxylation is 1. The monoisotopic (exact) mass is 262 g/mol. The van der Waals surface area contributed by atoms with E-state index in [0.29, 0.717) is 6.42 Å². The summed E-state index contributed by atoms with van der Waals surface area (Å²) in [7, 11) is 1.65. The number of carbonyl (C=O) groups excluding carboxylic acids is 1. The maximum absolute atomic E-state index is 11.8. The molecule has 1 aromatic carbocycles. The molecule has 0 heterocycles. The van der Waals surface area contributed by atoms with Crippen LogP contribution in [0.2, 0.25) is 0 Å². The zero-order valence-electron chi connectivity index (χ0n) is 11.6. The lowest BCUT2D eigenvalue weighted by molar-refractivity contribution is -0.150. The van der Waals surface area contributed by atoms with E-state index in [1.54, 1.807) is 7.11 Å². The Morgan fingerprint density at radius 1 is 1.16 bits per heavy atom. The zero-order valence-corrected chi connectivity index (χ0v) is 11.6. The van der Waals surface area contributed by atoms with E-state index in [-0.39, 0.29) is 12.1 Å². The molecule has 2 rings (SSSR count). The van der Waals surface area contributed by atoms with Gasteiger partial charge in [-0.1, -0.05) is 18.6 Å². The Morgan fingerprint density at radius 3 is 2.47 bits per heavy atom. The molecule has 3 nitrogen and oxygen atoms in total. The molecular formula is C16H22O3. The Balaban J connectivity index is 1.72. The maximum Gasteiger partial charge on any atom is 0.306 e. The molecule has 0 aromatic heterocycles. The summed E-state index contributed by atoms with van der Waals surface area (Å²) in [6, 6.07) is 7.82. The summed E-state index contributed by atoms with van der Waals surface area (Å²) >= 11 is 0. The SMILES string of the molecule is COc1ccc(CCC(=O)OC2CCCCC2)cc1. The van der Waals surface area contributed by atoms with Crippen molar-refractivity contribution in [2.75, 3.05) is 7.11 Å². The number of ether oxygens (including phenoxy) is 2. The first-order valence-electron chi connectivity index (χ1n) is 7.10. The highest BCUT2D eigenvalue weighted by molar-refractivity contribution is 5.69. The Hall–Kier alpha value is -1.51. The highest BCUT2D eigenvalue weighted by Crippen LogP contribution is 2.21. The van der Waals surface area contributed by atoms with Gasteiger partial charge in [0.25, 0.3) is 0 Å². The number of hydrogen-bond acceptors (Lipinski definition) is 3. The van der Waals surface area contributed by atoms with Gasteiger partial charge in [-0.25, -0.2) is 0 Å². The normalized spacial score (nSPS) is 16.1. The maximum atomic E-state index is 11.8. The van der Waals surface area contributed by atoms with E-state index < -0.39 is 0 Å². The van der Waals surface area contributed by atoms with Crippen molar-refractivity contribution in [2.24, 2.45) is 0 Å². The molecule has 1 aromatic rings. The number of benzene rings is 1. The number of esters is 1. The van der Waals surface area contributed by atoms with Gasteiger partial charge >= 0.3 is 5.97 Å². The third-order valence-electron chi connectivity index (χ3n) is 3.63. The average molecular weight is 262 g/mol. The van der Waals surface area contributed by atoms with Crippen LogP contribution in [0.1, 0.15) is 44.1 Å². The van der Waals surface area contributed by atoms with E-state index in [1.807, 2.05) is 24.3 Å². The van der Waals surface area contributed by atoms with Crippen LogP contribution in [-0.2, 0) is 16.0 Å². The van der Waals surface area contributed by atoms with Gasteiger partial charge in [0.05, 0.1) is 7.11 Å². The van der Waals surface area contributed by atoms with Crippen LogP contribution in [-0.4, -0.2) is 19.2 Å². The molecule has 104 valence electrons. The van der Waals surface area contributed by atoms with Crippen LogP contribution in [0.5, 0.6) is 5.75 Å². The van der Waals surface area contributed by atoms with Gasteiger partial charge in [-0.15, -0.1) is 0 Å². The van der Waals surface area contributed by atoms with Gasteiger partial charge < -0.3 is 9.47 Å². The first-order chi connectivity index (χ1) is 9.28. The fraction of sp³-hybridized carbons (Fsp3) is 0.562. The van der Waals surface area contributed by atoms with E-state index >= 15 is 0 Å². The second kappa shape index (κ2) is 7.17. The summed E-state index contributed by atoms with van der Waals surface area (Å²) in [5.74, 6) is 0.774. The van der Waals surface area contributed by atoms with E-state index in [0.717, 1.165) is 30.6 Å². The molecule has 1 fully saturated rings. The van der Waals surface area contributed by atoms with Crippen molar-refractivity contribution in [1.82, 2.24) is 0 Å². The first kappa shape index (κ1) is 13.9. The summed E-state index contributed by atoms with van der Waals surface area (Å²) in [6.45, 7) is 0. The van der Waals surface area contributed by atoms with Gasteiger partial charge in [0.2, 0.25) is 0 Å². The van der Waals surface area contributed by atoms with Crippen molar-refractivity contribution >= 4 is 5.97 Å². The number of methoxy groups -OCH3 is 1. The van der Waals surface area contributed by atoms with E-state index in [4.69, 9.17) is 9.47 Å². The summed E-state index contributed by atoms with van der Waals surface area (Å²) in [5.41, 5.74) is 1.14. The Morgan fingerprint density at radius 2 is 1.84 bits per heavy atom. The molecular weight excluding hydrogens is 240 g/mol. The Bertz CT molecular complexity index is 391. The minimum atomic E-state index is -0.0669. The topological polar surface area (TPSA) is 35.5 Å². The third kappa shape index (κ3) is 4.58. The largest absolute Gasteiger partial charge is 0.497 e.